The van der Waals surface area contributed by atoms with Crippen LogP contribution in [0, 0.1) is 5.92 Å². The van der Waals surface area contributed by atoms with E-state index in [0.717, 1.165) is 25.0 Å². The number of nitrogens with one attached hydrogen (secondary N) is 1. The van der Waals surface area contributed by atoms with E-state index in [-0.39, 0.29) is 24.6 Å². The lowest BCUT2D eigenvalue weighted by molar-refractivity contribution is -0.125. The van der Waals surface area contributed by atoms with Gasteiger partial charge in [0.2, 0.25) is 15.9 Å². The number of amides is 1. The maximum absolute atomic E-state index is 12.4. The Kier molecular flexibility index (Phi) is 7.15. The van der Waals surface area contributed by atoms with Crippen LogP contribution >= 0.6 is 0 Å². The fraction of sp³-hybridized carbons (Fsp3) is 0.650. The van der Waals surface area contributed by atoms with E-state index in [0.29, 0.717) is 19.6 Å². The van der Waals surface area contributed by atoms with Crippen LogP contribution in [0.25, 0.3) is 0 Å². The van der Waals surface area contributed by atoms with Gasteiger partial charge in [0.15, 0.2) is 0 Å². The molecule has 1 heterocycles. The summed E-state index contributed by atoms with van der Waals surface area (Å²) >= 11 is 0. The lowest BCUT2D eigenvalue weighted by Gasteiger charge is -2.41. The number of hydrogen-bond donors (Lipinski definition) is 2. The van der Waals surface area contributed by atoms with Crippen molar-refractivity contribution in [3.05, 3.63) is 30.3 Å². The van der Waals surface area contributed by atoms with E-state index >= 15 is 0 Å². The van der Waals surface area contributed by atoms with Gasteiger partial charge >= 0.3 is 0 Å². The van der Waals surface area contributed by atoms with Gasteiger partial charge in [-0.15, -0.1) is 0 Å². The summed E-state index contributed by atoms with van der Waals surface area (Å²) < 4.78 is 31.6. The van der Waals surface area contributed by atoms with Gasteiger partial charge in [-0.2, -0.15) is 0 Å². The monoisotopic (exact) mass is 425 g/mol. The first kappa shape index (κ1) is 22.0. The minimum Gasteiger partial charge on any atom is -0.488 e. The van der Waals surface area contributed by atoms with Crippen molar-refractivity contribution < 1.29 is 23.1 Å². The molecule has 0 unspecified atom stereocenters. The van der Waals surface area contributed by atoms with Crippen molar-refractivity contribution in [3.8, 4) is 5.75 Å². The highest BCUT2D eigenvalue weighted by atomic mass is 32.2. The van der Waals surface area contributed by atoms with Gasteiger partial charge in [0, 0.05) is 39.3 Å². The van der Waals surface area contributed by atoms with Crippen molar-refractivity contribution in [1.82, 2.24) is 14.5 Å². The molecule has 1 amide bonds. The van der Waals surface area contributed by atoms with Gasteiger partial charge in [0.25, 0.3) is 0 Å². The minimum atomic E-state index is -3.40. The van der Waals surface area contributed by atoms with Crippen molar-refractivity contribution >= 4 is 15.9 Å². The average molecular weight is 426 g/mol. The third-order valence-corrected chi connectivity index (χ3v) is 7.13. The number of carbonyl (C=O) groups is 1. The quantitative estimate of drug-likeness (QED) is 0.703. The van der Waals surface area contributed by atoms with E-state index in [4.69, 9.17) is 4.74 Å². The standard InChI is InChI=1S/C20H31N3O5S/c1-21-20(25)15-13-22(11-12-23(14-15)29(2,26)27)17-9-6-10-18(19(17)24)28-16-7-4-3-5-8-16/h3-5,7-8,15,17-19,24H,6,9-14H2,1-2H3,(H,21,25)/t15-,17+,18-,19-/m1/s1. The molecule has 0 radical (unpaired) electrons. The molecule has 29 heavy (non-hydrogen) atoms. The summed E-state index contributed by atoms with van der Waals surface area (Å²) in [6, 6.07) is 9.26. The number of benzene rings is 1. The first-order chi connectivity index (χ1) is 13.8. The molecule has 1 aromatic rings. The molecule has 2 fully saturated rings. The van der Waals surface area contributed by atoms with Gasteiger partial charge in [-0.05, 0) is 31.4 Å². The van der Waals surface area contributed by atoms with Crippen LogP contribution < -0.4 is 10.1 Å². The predicted octanol–water partition coefficient (Wildman–Crippen LogP) is 0.287. The zero-order chi connectivity index (χ0) is 21.0. The summed E-state index contributed by atoms with van der Waals surface area (Å²) in [6.07, 6.45) is 2.57. The van der Waals surface area contributed by atoms with Crippen molar-refractivity contribution in [1.29, 1.82) is 0 Å². The predicted molar refractivity (Wildman–Crippen MR) is 110 cm³/mol. The molecule has 162 valence electrons. The Morgan fingerprint density at radius 3 is 2.55 bits per heavy atom. The number of nitrogens with zero attached hydrogens (tertiary/aromatic N) is 2. The topological polar surface area (TPSA) is 99.2 Å². The zero-order valence-corrected chi connectivity index (χ0v) is 17.8. The minimum absolute atomic E-state index is 0.155. The van der Waals surface area contributed by atoms with Crippen LogP contribution in [0.5, 0.6) is 5.75 Å². The first-order valence-electron chi connectivity index (χ1n) is 10.1. The molecular formula is C20H31N3O5S. The summed E-state index contributed by atoms with van der Waals surface area (Å²) in [4.78, 5) is 14.4. The highest BCUT2D eigenvalue weighted by molar-refractivity contribution is 7.88. The van der Waals surface area contributed by atoms with Gasteiger partial charge in [-0.1, -0.05) is 18.2 Å². The molecule has 1 saturated carbocycles. The number of sulfonamides is 1. The number of para-hydroxylation sites is 1. The Bertz CT molecular complexity index is 789. The van der Waals surface area contributed by atoms with Gasteiger partial charge in [0.05, 0.1) is 12.2 Å². The highest BCUT2D eigenvalue weighted by Crippen LogP contribution is 2.29. The van der Waals surface area contributed by atoms with Crippen LogP contribution in [-0.2, 0) is 14.8 Å². The Hall–Kier alpha value is -1.68. The molecule has 9 heteroatoms. The van der Waals surface area contributed by atoms with Gasteiger partial charge in [-0.25, -0.2) is 12.7 Å². The van der Waals surface area contributed by atoms with E-state index < -0.39 is 22.0 Å². The summed E-state index contributed by atoms with van der Waals surface area (Å²) in [5.41, 5.74) is 0. The van der Waals surface area contributed by atoms with E-state index in [9.17, 15) is 18.3 Å². The Morgan fingerprint density at radius 2 is 1.90 bits per heavy atom. The largest absolute Gasteiger partial charge is 0.488 e. The molecule has 1 aliphatic carbocycles. The van der Waals surface area contributed by atoms with Gasteiger partial charge in [-0.3, -0.25) is 9.69 Å². The van der Waals surface area contributed by atoms with Crippen LogP contribution in [0.15, 0.2) is 30.3 Å². The second-order valence-corrected chi connectivity index (χ2v) is 9.87. The Morgan fingerprint density at radius 1 is 1.17 bits per heavy atom. The normalized spacial score (nSPS) is 29.8. The van der Waals surface area contributed by atoms with Crippen molar-refractivity contribution in [3.63, 3.8) is 0 Å². The average Bonchev–Trinajstić information content (AvgIpc) is 2.93. The fourth-order valence-electron chi connectivity index (χ4n) is 4.30. The number of aliphatic hydroxyl groups excluding tert-OH is 1. The molecule has 1 aromatic carbocycles. The molecular weight excluding hydrogens is 394 g/mol. The molecule has 3 rings (SSSR count). The molecule has 1 saturated heterocycles. The SMILES string of the molecule is CNC(=O)[C@@H]1CN([C@H]2CCC[C@@H](Oc3ccccc3)[C@@H]2O)CCN(S(C)(=O)=O)C1. The van der Waals surface area contributed by atoms with E-state index in [1.54, 1.807) is 7.05 Å². The Balaban J connectivity index is 1.75. The number of hydrogen-bond acceptors (Lipinski definition) is 6. The van der Waals surface area contributed by atoms with Gasteiger partial charge in [0.1, 0.15) is 18.0 Å². The summed E-state index contributed by atoms with van der Waals surface area (Å²) in [6.45, 7) is 1.34. The van der Waals surface area contributed by atoms with Crippen LogP contribution in [-0.4, -0.2) is 86.4 Å². The van der Waals surface area contributed by atoms with E-state index in [1.807, 2.05) is 30.3 Å². The summed E-state index contributed by atoms with van der Waals surface area (Å²) in [5, 5.41) is 13.7. The lowest BCUT2D eigenvalue weighted by Crippen LogP contribution is -2.54. The summed E-state index contributed by atoms with van der Waals surface area (Å²) in [7, 11) is -1.85. The summed E-state index contributed by atoms with van der Waals surface area (Å²) in [5.74, 6) is 0.0485. The third-order valence-electron chi connectivity index (χ3n) is 5.87. The molecule has 4 atom stereocenters. The lowest BCUT2D eigenvalue weighted by atomic mass is 9.88. The molecule has 0 bridgehead atoms. The first-order valence-corrected chi connectivity index (χ1v) is 11.9. The number of aliphatic hydroxyl groups is 1. The van der Waals surface area contributed by atoms with Crippen LogP contribution in [0.1, 0.15) is 19.3 Å². The maximum atomic E-state index is 12.4. The second-order valence-electron chi connectivity index (χ2n) is 7.89. The van der Waals surface area contributed by atoms with Crippen LogP contribution in [0.4, 0.5) is 0 Å². The number of rotatable bonds is 5. The molecule has 0 spiro atoms. The van der Waals surface area contributed by atoms with Crippen LogP contribution in [0.2, 0.25) is 0 Å². The number of ether oxygens (including phenoxy) is 1. The number of carbonyl (C=O) groups excluding carboxylic acids is 1. The van der Waals surface area contributed by atoms with Gasteiger partial charge < -0.3 is 15.2 Å². The second kappa shape index (κ2) is 9.42. The molecule has 1 aliphatic heterocycles. The van der Waals surface area contributed by atoms with Crippen LogP contribution in [0.3, 0.4) is 0 Å². The molecule has 8 nitrogen and oxygen atoms in total. The van der Waals surface area contributed by atoms with Crippen molar-refractivity contribution in [2.45, 2.75) is 37.5 Å². The molecule has 2 N–H and O–H groups in total. The molecule has 2 aliphatic rings. The van der Waals surface area contributed by atoms with E-state index in [1.165, 1.54) is 10.6 Å². The molecule has 0 aromatic heterocycles. The zero-order valence-electron chi connectivity index (χ0n) is 17.0. The highest BCUT2D eigenvalue weighted by Gasteiger charge is 2.40. The van der Waals surface area contributed by atoms with Crippen molar-refractivity contribution in [2.75, 3.05) is 39.5 Å². The Labute approximate surface area is 172 Å². The maximum Gasteiger partial charge on any atom is 0.225 e. The fourth-order valence-corrected chi connectivity index (χ4v) is 5.16. The third kappa shape index (κ3) is 5.48. The smallest absolute Gasteiger partial charge is 0.225 e. The van der Waals surface area contributed by atoms with E-state index in [2.05, 4.69) is 10.2 Å². The van der Waals surface area contributed by atoms with Crippen molar-refractivity contribution in [2.24, 2.45) is 5.92 Å².